The first-order valence-corrected chi connectivity index (χ1v) is 11.9. The SMILES string of the molecule is CCOCCCN(Cc1ccco1)C1=NC(Cc2ccccc2)C(=O)N1c1ccc(C)c(C)c1. The summed E-state index contributed by atoms with van der Waals surface area (Å²) in [4.78, 5) is 22.6. The zero-order valence-corrected chi connectivity index (χ0v) is 20.2. The number of ether oxygens (including phenoxy) is 1. The molecule has 1 amide bonds. The van der Waals surface area contributed by atoms with E-state index in [-0.39, 0.29) is 5.91 Å². The molecule has 0 N–H and O–H groups in total. The monoisotopic (exact) mass is 459 g/mol. The highest BCUT2D eigenvalue weighted by atomic mass is 16.5. The van der Waals surface area contributed by atoms with Crippen molar-refractivity contribution in [2.24, 2.45) is 4.99 Å². The molecule has 0 fully saturated rings. The number of amides is 1. The lowest BCUT2D eigenvalue weighted by Crippen LogP contribution is -2.45. The van der Waals surface area contributed by atoms with E-state index in [1.54, 1.807) is 11.2 Å². The van der Waals surface area contributed by atoms with Crippen LogP contribution in [-0.2, 0) is 22.5 Å². The van der Waals surface area contributed by atoms with Gasteiger partial charge in [-0.25, -0.2) is 9.89 Å². The predicted molar refractivity (Wildman–Crippen MR) is 135 cm³/mol. The fraction of sp³-hybridized carbons (Fsp3) is 0.357. The largest absolute Gasteiger partial charge is 0.467 e. The molecular formula is C28H33N3O3. The van der Waals surface area contributed by atoms with Gasteiger partial charge in [0.15, 0.2) is 0 Å². The number of carbonyl (C=O) groups is 1. The zero-order chi connectivity index (χ0) is 23.9. The number of benzene rings is 2. The van der Waals surface area contributed by atoms with Crippen LogP contribution in [0.4, 0.5) is 5.69 Å². The van der Waals surface area contributed by atoms with Gasteiger partial charge in [-0.3, -0.25) is 4.79 Å². The Morgan fingerprint density at radius 1 is 1.06 bits per heavy atom. The summed E-state index contributed by atoms with van der Waals surface area (Å²) in [5, 5.41) is 0. The van der Waals surface area contributed by atoms with Crippen LogP contribution < -0.4 is 4.90 Å². The standard InChI is InChI=1S/C28H33N3O3/c1-4-33-16-9-15-30(20-25-12-8-17-34-25)28-29-26(19-23-10-6-5-7-11-23)27(32)31(28)24-14-13-21(2)22(3)18-24/h5-8,10-14,17-18,26H,4,9,15-16,19-20H2,1-3H3. The maximum absolute atomic E-state index is 13.7. The average molecular weight is 460 g/mol. The van der Waals surface area contributed by atoms with E-state index in [0.717, 1.165) is 29.0 Å². The first-order valence-electron chi connectivity index (χ1n) is 11.9. The van der Waals surface area contributed by atoms with Crippen molar-refractivity contribution in [2.75, 3.05) is 24.7 Å². The van der Waals surface area contributed by atoms with Crippen LogP contribution in [0.5, 0.6) is 0 Å². The second kappa shape index (κ2) is 11.2. The van der Waals surface area contributed by atoms with E-state index in [4.69, 9.17) is 14.1 Å². The molecule has 6 nitrogen and oxygen atoms in total. The Hall–Kier alpha value is -3.38. The second-order valence-electron chi connectivity index (χ2n) is 8.63. The van der Waals surface area contributed by atoms with Crippen molar-refractivity contribution in [1.82, 2.24) is 4.90 Å². The van der Waals surface area contributed by atoms with Crippen LogP contribution in [-0.4, -0.2) is 42.6 Å². The Bertz CT molecular complexity index is 1110. The minimum atomic E-state index is -0.468. The molecule has 6 heteroatoms. The van der Waals surface area contributed by atoms with Gasteiger partial charge < -0.3 is 14.1 Å². The van der Waals surface area contributed by atoms with Crippen LogP contribution in [0.2, 0.25) is 0 Å². The minimum Gasteiger partial charge on any atom is -0.467 e. The summed E-state index contributed by atoms with van der Waals surface area (Å²) >= 11 is 0. The maximum atomic E-state index is 13.7. The molecular weight excluding hydrogens is 426 g/mol. The number of furan rings is 1. The third-order valence-electron chi connectivity index (χ3n) is 6.13. The third-order valence-corrected chi connectivity index (χ3v) is 6.13. The number of anilines is 1. The van der Waals surface area contributed by atoms with E-state index < -0.39 is 6.04 Å². The van der Waals surface area contributed by atoms with Gasteiger partial charge in [0.25, 0.3) is 5.91 Å². The molecule has 1 aliphatic rings. The normalized spacial score (nSPS) is 15.6. The Morgan fingerprint density at radius 2 is 1.88 bits per heavy atom. The number of aryl methyl sites for hydroxylation is 2. The lowest BCUT2D eigenvalue weighted by atomic mass is 10.1. The number of rotatable bonds is 10. The van der Waals surface area contributed by atoms with Gasteiger partial charge in [-0.15, -0.1) is 0 Å². The highest BCUT2D eigenvalue weighted by Crippen LogP contribution is 2.28. The van der Waals surface area contributed by atoms with Gasteiger partial charge >= 0.3 is 0 Å². The van der Waals surface area contributed by atoms with Gasteiger partial charge in [0, 0.05) is 26.2 Å². The molecule has 1 aliphatic heterocycles. The van der Waals surface area contributed by atoms with Crippen molar-refractivity contribution in [2.45, 2.75) is 46.2 Å². The van der Waals surface area contributed by atoms with E-state index in [1.807, 2.05) is 55.5 Å². The molecule has 0 saturated heterocycles. The van der Waals surface area contributed by atoms with Crippen molar-refractivity contribution in [1.29, 1.82) is 0 Å². The Morgan fingerprint density at radius 3 is 2.59 bits per heavy atom. The lowest BCUT2D eigenvalue weighted by molar-refractivity contribution is -0.118. The number of hydrogen-bond donors (Lipinski definition) is 0. The molecule has 0 aliphatic carbocycles. The number of guanidine groups is 1. The van der Waals surface area contributed by atoms with E-state index in [2.05, 4.69) is 30.9 Å². The number of carbonyl (C=O) groups excluding carboxylic acids is 1. The van der Waals surface area contributed by atoms with Gasteiger partial charge in [-0.05, 0) is 68.1 Å². The Kier molecular flexibility index (Phi) is 7.80. The molecule has 0 spiro atoms. The fourth-order valence-electron chi connectivity index (χ4n) is 4.14. The van der Waals surface area contributed by atoms with E-state index >= 15 is 0 Å². The van der Waals surface area contributed by atoms with Gasteiger partial charge in [0.05, 0.1) is 18.5 Å². The van der Waals surface area contributed by atoms with Crippen LogP contribution in [0.25, 0.3) is 0 Å². The smallest absolute Gasteiger partial charge is 0.259 e. The highest BCUT2D eigenvalue weighted by molar-refractivity contribution is 6.22. The molecule has 0 bridgehead atoms. The summed E-state index contributed by atoms with van der Waals surface area (Å²) in [7, 11) is 0. The molecule has 1 aromatic heterocycles. The highest BCUT2D eigenvalue weighted by Gasteiger charge is 2.38. The first kappa shape index (κ1) is 23.8. The Balaban J connectivity index is 1.68. The van der Waals surface area contributed by atoms with Gasteiger partial charge in [-0.1, -0.05) is 36.4 Å². The summed E-state index contributed by atoms with van der Waals surface area (Å²) in [5.41, 5.74) is 4.28. The average Bonchev–Trinajstić information content (AvgIpc) is 3.46. The van der Waals surface area contributed by atoms with Crippen LogP contribution in [0.15, 0.2) is 76.3 Å². The fourth-order valence-corrected chi connectivity index (χ4v) is 4.14. The molecule has 0 radical (unpaired) electrons. The van der Waals surface area contributed by atoms with Crippen molar-refractivity contribution >= 4 is 17.6 Å². The summed E-state index contributed by atoms with van der Waals surface area (Å²) in [5.74, 6) is 1.50. The van der Waals surface area contributed by atoms with E-state index in [0.29, 0.717) is 38.7 Å². The molecule has 3 aromatic rings. The van der Waals surface area contributed by atoms with Crippen molar-refractivity contribution in [3.63, 3.8) is 0 Å². The number of aliphatic imine (C=N–C) groups is 1. The van der Waals surface area contributed by atoms with E-state index in [1.165, 1.54) is 5.56 Å². The molecule has 2 heterocycles. The van der Waals surface area contributed by atoms with Crippen LogP contribution in [0, 0.1) is 13.8 Å². The van der Waals surface area contributed by atoms with Crippen molar-refractivity contribution < 1.29 is 13.9 Å². The minimum absolute atomic E-state index is 0.00337. The quantitative estimate of drug-likeness (QED) is 0.394. The van der Waals surface area contributed by atoms with Crippen molar-refractivity contribution in [3.05, 3.63) is 89.4 Å². The predicted octanol–water partition coefficient (Wildman–Crippen LogP) is 5.14. The van der Waals surface area contributed by atoms with E-state index in [9.17, 15) is 4.79 Å². The van der Waals surface area contributed by atoms with Gasteiger partial charge in [0.2, 0.25) is 5.96 Å². The molecule has 4 rings (SSSR count). The topological polar surface area (TPSA) is 58.3 Å². The summed E-state index contributed by atoms with van der Waals surface area (Å²) in [6, 6.07) is 19.6. The van der Waals surface area contributed by atoms with Crippen LogP contribution in [0.3, 0.4) is 0 Å². The molecule has 1 atom stereocenters. The molecule has 0 saturated carbocycles. The molecule has 178 valence electrons. The van der Waals surface area contributed by atoms with Crippen LogP contribution in [0.1, 0.15) is 35.8 Å². The van der Waals surface area contributed by atoms with Crippen LogP contribution >= 0.6 is 0 Å². The number of hydrogen-bond acceptors (Lipinski definition) is 5. The molecule has 2 aromatic carbocycles. The van der Waals surface area contributed by atoms with Gasteiger partial charge in [0.1, 0.15) is 11.8 Å². The Labute approximate surface area is 201 Å². The van der Waals surface area contributed by atoms with Crippen molar-refractivity contribution in [3.8, 4) is 0 Å². The summed E-state index contributed by atoms with van der Waals surface area (Å²) in [6.07, 6.45) is 3.07. The first-order chi connectivity index (χ1) is 16.6. The molecule has 34 heavy (non-hydrogen) atoms. The third kappa shape index (κ3) is 5.57. The summed E-state index contributed by atoms with van der Waals surface area (Å²) in [6.45, 7) is 8.72. The zero-order valence-electron chi connectivity index (χ0n) is 20.2. The molecule has 1 unspecified atom stereocenters. The van der Waals surface area contributed by atoms with Gasteiger partial charge in [-0.2, -0.15) is 0 Å². The maximum Gasteiger partial charge on any atom is 0.259 e. The second-order valence-corrected chi connectivity index (χ2v) is 8.63. The lowest BCUT2D eigenvalue weighted by Gasteiger charge is -2.29. The number of nitrogens with zero attached hydrogens (tertiary/aromatic N) is 3. The summed E-state index contributed by atoms with van der Waals surface area (Å²) < 4.78 is 11.2.